The second kappa shape index (κ2) is 4.65. The molecule has 0 aliphatic heterocycles. The highest BCUT2D eigenvalue weighted by Gasteiger charge is 2.39. The molecule has 2 aliphatic rings. The minimum absolute atomic E-state index is 0.749. The summed E-state index contributed by atoms with van der Waals surface area (Å²) in [7, 11) is 0. The van der Waals surface area contributed by atoms with E-state index in [9.17, 15) is 0 Å². The molecule has 4 unspecified atom stereocenters. The molecule has 0 spiro atoms. The van der Waals surface area contributed by atoms with Crippen LogP contribution in [0.3, 0.4) is 0 Å². The summed E-state index contributed by atoms with van der Waals surface area (Å²) in [6, 6.07) is 1.62. The Labute approximate surface area is 88.7 Å². The predicted molar refractivity (Wildman–Crippen MR) is 61.4 cm³/mol. The fourth-order valence-electron chi connectivity index (χ4n) is 3.41. The van der Waals surface area contributed by atoms with Gasteiger partial charge in [0.25, 0.3) is 0 Å². The van der Waals surface area contributed by atoms with E-state index < -0.39 is 0 Å². The van der Waals surface area contributed by atoms with Gasteiger partial charge in [0.05, 0.1) is 0 Å². The van der Waals surface area contributed by atoms with Gasteiger partial charge in [-0.1, -0.05) is 26.2 Å². The number of hydrogen-bond acceptors (Lipinski definition) is 1. The van der Waals surface area contributed by atoms with E-state index in [1.165, 1.54) is 44.9 Å². The van der Waals surface area contributed by atoms with Crippen molar-refractivity contribution in [2.75, 3.05) is 0 Å². The van der Waals surface area contributed by atoms with Gasteiger partial charge >= 0.3 is 0 Å². The maximum Gasteiger partial charge on any atom is 0.0100 e. The molecule has 2 rings (SSSR count). The van der Waals surface area contributed by atoms with E-state index in [0.29, 0.717) is 0 Å². The second-order valence-electron chi connectivity index (χ2n) is 5.49. The highest BCUT2D eigenvalue weighted by Crippen LogP contribution is 2.44. The number of fused-ring (bicyclic) bond motifs is 2. The van der Waals surface area contributed by atoms with Crippen molar-refractivity contribution in [3.8, 4) is 0 Å². The van der Waals surface area contributed by atoms with Gasteiger partial charge < -0.3 is 5.32 Å². The molecule has 0 amide bonds. The zero-order valence-electron chi connectivity index (χ0n) is 9.76. The highest BCUT2D eigenvalue weighted by atomic mass is 15.0. The first-order valence-electron chi connectivity index (χ1n) is 6.55. The zero-order chi connectivity index (χ0) is 9.97. The Kier molecular flexibility index (Phi) is 3.48. The molecule has 4 atom stereocenters. The number of unbranched alkanes of at least 4 members (excludes halogenated alkanes) is 1. The third-order valence-corrected chi connectivity index (χ3v) is 4.23. The van der Waals surface area contributed by atoms with E-state index in [1.807, 2.05) is 0 Å². The molecule has 1 heteroatoms. The summed E-state index contributed by atoms with van der Waals surface area (Å²) >= 11 is 0. The summed E-state index contributed by atoms with van der Waals surface area (Å²) in [6.45, 7) is 4.64. The van der Waals surface area contributed by atoms with Gasteiger partial charge in [-0.3, -0.25) is 0 Å². The Morgan fingerprint density at radius 1 is 1.29 bits per heavy atom. The van der Waals surface area contributed by atoms with Crippen molar-refractivity contribution in [1.82, 2.24) is 5.32 Å². The third-order valence-electron chi connectivity index (χ3n) is 4.23. The van der Waals surface area contributed by atoms with Crippen molar-refractivity contribution < 1.29 is 0 Å². The molecular weight excluding hydrogens is 170 g/mol. The lowest BCUT2D eigenvalue weighted by atomic mass is 9.94. The Bertz CT molecular complexity index is 178. The quantitative estimate of drug-likeness (QED) is 0.709. The largest absolute Gasteiger partial charge is 0.311 e. The summed E-state index contributed by atoms with van der Waals surface area (Å²) in [4.78, 5) is 0. The maximum absolute atomic E-state index is 3.85. The Morgan fingerprint density at radius 2 is 2.14 bits per heavy atom. The molecule has 0 aromatic rings. The van der Waals surface area contributed by atoms with Gasteiger partial charge in [0.2, 0.25) is 0 Å². The van der Waals surface area contributed by atoms with Gasteiger partial charge in [-0.15, -0.1) is 0 Å². The highest BCUT2D eigenvalue weighted by molar-refractivity contribution is 4.94. The van der Waals surface area contributed by atoms with Crippen LogP contribution in [0.1, 0.15) is 58.8 Å². The summed E-state index contributed by atoms with van der Waals surface area (Å²) in [5.74, 6) is 2.11. The summed E-state index contributed by atoms with van der Waals surface area (Å²) in [5, 5.41) is 3.85. The van der Waals surface area contributed by atoms with Gasteiger partial charge in [-0.25, -0.2) is 0 Å². The molecule has 0 aromatic carbocycles. The fourth-order valence-corrected chi connectivity index (χ4v) is 3.41. The molecule has 2 fully saturated rings. The van der Waals surface area contributed by atoms with Crippen molar-refractivity contribution in [3.63, 3.8) is 0 Å². The minimum atomic E-state index is 0.749. The van der Waals surface area contributed by atoms with E-state index in [1.54, 1.807) is 0 Å². The molecule has 0 saturated heterocycles. The lowest BCUT2D eigenvalue weighted by Crippen LogP contribution is -2.39. The van der Waals surface area contributed by atoms with Gasteiger partial charge in [-0.05, 0) is 44.4 Å². The van der Waals surface area contributed by atoms with Crippen LogP contribution in [0, 0.1) is 11.8 Å². The summed E-state index contributed by atoms with van der Waals surface area (Å²) < 4.78 is 0. The lowest BCUT2D eigenvalue weighted by Gasteiger charge is -2.26. The van der Waals surface area contributed by atoms with Crippen LogP contribution < -0.4 is 5.32 Å². The fraction of sp³-hybridized carbons (Fsp3) is 1.00. The van der Waals surface area contributed by atoms with E-state index in [0.717, 1.165) is 23.9 Å². The average molecular weight is 195 g/mol. The van der Waals surface area contributed by atoms with Crippen molar-refractivity contribution >= 4 is 0 Å². The molecule has 14 heavy (non-hydrogen) atoms. The number of rotatable bonds is 5. The molecule has 2 bridgehead atoms. The number of nitrogens with one attached hydrogen (secondary N) is 1. The SMILES string of the molecule is CCCCC(C)NC1CC2CCC1C2. The van der Waals surface area contributed by atoms with Gasteiger partial charge in [0.15, 0.2) is 0 Å². The van der Waals surface area contributed by atoms with Crippen LogP contribution in [0.2, 0.25) is 0 Å². The summed E-state index contributed by atoms with van der Waals surface area (Å²) in [6.07, 6.45) is 10.1. The topological polar surface area (TPSA) is 12.0 Å². The van der Waals surface area contributed by atoms with Gasteiger partial charge in [0, 0.05) is 12.1 Å². The van der Waals surface area contributed by atoms with Crippen molar-refractivity contribution in [1.29, 1.82) is 0 Å². The van der Waals surface area contributed by atoms with Crippen LogP contribution in [0.25, 0.3) is 0 Å². The minimum Gasteiger partial charge on any atom is -0.311 e. The standard InChI is InChI=1S/C13H25N/c1-3-4-5-10(2)14-13-9-11-6-7-12(13)8-11/h10-14H,3-9H2,1-2H3. The van der Waals surface area contributed by atoms with Crippen molar-refractivity contribution in [2.24, 2.45) is 11.8 Å². The van der Waals surface area contributed by atoms with E-state index in [-0.39, 0.29) is 0 Å². The van der Waals surface area contributed by atoms with E-state index >= 15 is 0 Å². The van der Waals surface area contributed by atoms with Crippen molar-refractivity contribution in [3.05, 3.63) is 0 Å². The van der Waals surface area contributed by atoms with Crippen LogP contribution >= 0.6 is 0 Å². The maximum atomic E-state index is 3.85. The Hall–Kier alpha value is -0.0400. The molecule has 2 aliphatic carbocycles. The third kappa shape index (κ3) is 2.31. The monoisotopic (exact) mass is 195 g/mol. The molecule has 0 heterocycles. The van der Waals surface area contributed by atoms with Gasteiger partial charge in [-0.2, -0.15) is 0 Å². The Balaban J connectivity index is 1.70. The first-order chi connectivity index (χ1) is 6.79. The normalized spacial score (nSPS) is 37.7. The molecule has 1 nitrogen and oxygen atoms in total. The average Bonchev–Trinajstić information content (AvgIpc) is 2.76. The van der Waals surface area contributed by atoms with Crippen LogP contribution in [0.5, 0.6) is 0 Å². The van der Waals surface area contributed by atoms with Crippen LogP contribution in [-0.2, 0) is 0 Å². The van der Waals surface area contributed by atoms with Crippen LogP contribution in [0.4, 0.5) is 0 Å². The Morgan fingerprint density at radius 3 is 2.71 bits per heavy atom. The zero-order valence-corrected chi connectivity index (χ0v) is 9.76. The van der Waals surface area contributed by atoms with E-state index in [4.69, 9.17) is 0 Å². The molecule has 2 saturated carbocycles. The van der Waals surface area contributed by atoms with Gasteiger partial charge in [0.1, 0.15) is 0 Å². The first kappa shape index (κ1) is 10.5. The molecule has 82 valence electrons. The second-order valence-corrected chi connectivity index (χ2v) is 5.49. The first-order valence-corrected chi connectivity index (χ1v) is 6.55. The lowest BCUT2D eigenvalue weighted by molar-refractivity contribution is 0.315. The molecule has 0 radical (unpaired) electrons. The predicted octanol–water partition coefficient (Wildman–Crippen LogP) is 3.34. The smallest absolute Gasteiger partial charge is 0.0100 e. The van der Waals surface area contributed by atoms with E-state index in [2.05, 4.69) is 19.2 Å². The molecule has 1 N–H and O–H groups in total. The van der Waals surface area contributed by atoms with Crippen molar-refractivity contribution in [2.45, 2.75) is 70.9 Å². The summed E-state index contributed by atoms with van der Waals surface area (Å²) in [5.41, 5.74) is 0. The van der Waals surface area contributed by atoms with Crippen LogP contribution in [-0.4, -0.2) is 12.1 Å². The number of hydrogen-bond donors (Lipinski definition) is 1. The molecular formula is C13H25N. The van der Waals surface area contributed by atoms with Crippen LogP contribution in [0.15, 0.2) is 0 Å². The molecule has 0 aromatic heterocycles.